The summed E-state index contributed by atoms with van der Waals surface area (Å²) in [6.45, 7) is 12.0. The van der Waals surface area contributed by atoms with Crippen molar-refractivity contribution in [2.75, 3.05) is 32.8 Å². The summed E-state index contributed by atoms with van der Waals surface area (Å²) in [6.07, 6.45) is 1.48. The molecule has 3 rings (SSSR count). The number of rotatable bonds is 4. The second kappa shape index (κ2) is 6.07. The first kappa shape index (κ1) is 15.0. The van der Waals surface area contributed by atoms with Crippen LogP contribution in [0.15, 0.2) is 24.3 Å². The van der Waals surface area contributed by atoms with Crippen molar-refractivity contribution in [1.82, 2.24) is 10.2 Å². The van der Waals surface area contributed by atoms with E-state index < -0.39 is 0 Å². The maximum absolute atomic E-state index is 5.92. The van der Waals surface area contributed by atoms with Crippen LogP contribution in [0.25, 0.3) is 0 Å². The SMILES string of the molecule is CCN1CCOC(CNC2c3ccccc3CC2(C)C)C1. The summed E-state index contributed by atoms with van der Waals surface area (Å²) >= 11 is 0. The van der Waals surface area contributed by atoms with Gasteiger partial charge in [0, 0.05) is 25.7 Å². The standard InChI is InChI=1S/C18H28N2O/c1-4-20-9-10-21-15(13-20)12-19-17-16-8-6-5-7-14(16)11-18(17,2)3/h5-8,15,17,19H,4,9-13H2,1-3H3. The molecule has 2 aliphatic rings. The summed E-state index contributed by atoms with van der Waals surface area (Å²) in [6, 6.07) is 9.30. The second-order valence-electron chi connectivity index (χ2n) is 7.09. The van der Waals surface area contributed by atoms with Crippen molar-refractivity contribution in [2.24, 2.45) is 5.41 Å². The molecule has 1 aromatic carbocycles. The van der Waals surface area contributed by atoms with E-state index in [1.807, 2.05) is 0 Å². The van der Waals surface area contributed by atoms with Crippen molar-refractivity contribution in [3.8, 4) is 0 Å². The third-order valence-electron chi connectivity index (χ3n) is 5.01. The van der Waals surface area contributed by atoms with Crippen LogP contribution in [0.4, 0.5) is 0 Å². The van der Waals surface area contributed by atoms with Gasteiger partial charge in [-0.1, -0.05) is 45.0 Å². The number of likely N-dealkylation sites (N-methyl/N-ethyl adjacent to an activating group) is 1. The van der Waals surface area contributed by atoms with Crippen molar-refractivity contribution in [3.63, 3.8) is 0 Å². The van der Waals surface area contributed by atoms with Gasteiger partial charge in [-0.3, -0.25) is 4.90 Å². The van der Waals surface area contributed by atoms with Crippen LogP contribution in [-0.2, 0) is 11.2 Å². The van der Waals surface area contributed by atoms with Gasteiger partial charge in [0.05, 0.1) is 12.7 Å². The Hall–Kier alpha value is -0.900. The molecule has 0 bridgehead atoms. The molecule has 1 saturated heterocycles. The van der Waals surface area contributed by atoms with Gasteiger partial charge in [0.1, 0.15) is 0 Å². The Labute approximate surface area is 128 Å². The Balaban J connectivity index is 1.64. The topological polar surface area (TPSA) is 24.5 Å². The number of hydrogen-bond donors (Lipinski definition) is 1. The molecule has 1 aliphatic carbocycles. The van der Waals surface area contributed by atoms with Crippen LogP contribution in [-0.4, -0.2) is 43.8 Å². The predicted octanol–water partition coefficient (Wildman–Crippen LogP) is 2.62. The van der Waals surface area contributed by atoms with Crippen LogP contribution in [0.5, 0.6) is 0 Å². The molecule has 3 heteroatoms. The maximum Gasteiger partial charge on any atom is 0.0826 e. The molecular weight excluding hydrogens is 260 g/mol. The van der Waals surface area contributed by atoms with E-state index in [4.69, 9.17) is 4.74 Å². The lowest BCUT2D eigenvalue weighted by molar-refractivity contribution is -0.0278. The van der Waals surface area contributed by atoms with Gasteiger partial charge in [0.2, 0.25) is 0 Å². The summed E-state index contributed by atoms with van der Waals surface area (Å²) < 4.78 is 5.92. The Morgan fingerprint density at radius 3 is 2.95 bits per heavy atom. The highest BCUT2D eigenvalue weighted by Gasteiger charge is 2.38. The van der Waals surface area contributed by atoms with Crippen molar-refractivity contribution in [3.05, 3.63) is 35.4 Å². The summed E-state index contributed by atoms with van der Waals surface area (Å²) in [5, 5.41) is 3.79. The predicted molar refractivity (Wildman–Crippen MR) is 86.5 cm³/mol. The molecule has 1 aliphatic heterocycles. The molecular formula is C18H28N2O. The van der Waals surface area contributed by atoms with Crippen LogP contribution < -0.4 is 5.32 Å². The van der Waals surface area contributed by atoms with E-state index in [-0.39, 0.29) is 5.41 Å². The molecule has 0 aromatic heterocycles. The minimum atomic E-state index is 0.281. The van der Waals surface area contributed by atoms with E-state index in [0.29, 0.717) is 12.1 Å². The van der Waals surface area contributed by atoms with E-state index >= 15 is 0 Å². The summed E-state index contributed by atoms with van der Waals surface area (Å²) in [5.41, 5.74) is 3.26. The average Bonchev–Trinajstić information content (AvgIpc) is 2.75. The fraction of sp³-hybridized carbons (Fsp3) is 0.667. The average molecular weight is 288 g/mol. The van der Waals surface area contributed by atoms with Gasteiger partial charge in [-0.05, 0) is 29.5 Å². The summed E-state index contributed by atoms with van der Waals surface area (Å²) in [4.78, 5) is 2.48. The Bertz CT molecular complexity index is 486. The number of fused-ring (bicyclic) bond motifs is 1. The highest BCUT2D eigenvalue weighted by atomic mass is 16.5. The number of nitrogens with zero attached hydrogens (tertiary/aromatic N) is 1. The molecule has 1 heterocycles. The second-order valence-corrected chi connectivity index (χ2v) is 7.09. The quantitative estimate of drug-likeness (QED) is 0.922. The maximum atomic E-state index is 5.92. The summed E-state index contributed by atoms with van der Waals surface area (Å²) in [7, 11) is 0. The van der Waals surface area contributed by atoms with E-state index in [1.54, 1.807) is 0 Å². The molecule has 0 amide bonds. The molecule has 0 spiro atoms. The highest BCUT2D eigenvalue weighted by molar-refractivity contribution is 5.37. The highest BCUT2D eigenvalue weighted by Crippen LogP contribution is 2.44. The van der Waals surface area contributed by atoms with Gasteiger partial charge in [0.25, 0.3) is 0 Å². The van der Waals surface area contributed by atoms with Crippen molar-refractivity contribution >= 4 is 0 Å². The molecule has 3 nitrogen and oxygen atoms in total. The number of hydrogen-bond acceptors (Lipinski definition) is 3. The molecule has 2 unspecified atom stereocenters. The molecule has 1 fully saturated rings. The number of benzene rings is 1. The van der Waals surface area contributed by atoms with Crippen LogP contribution >= 0.6 is 0 Å². The van der Waals surface area contributed by atoms with Crippen molar-refractivity contribution in [1.29, 1.82) is 0 Å². The van der Waals surface area contributed by atoms with Gasteiger partial charge in [-0.2, -0.15) is 0 Å². The van der Waals surface area contributed by atoms with Crippen molar-refractivity contribution in [2.45, 2.75) is 39.3 Å². The van der Waals surface area contributed by atoms with Gasteiger partial charge in [-0.25, -0.2) is 0 Å². The smallest absolute Gasteiger partial charge is 0.0826 e. The number of ether oxygens (including phenoxy) is 1. The molecule has 21 heavy (non-hydrogen) atoms. The minimum Gasteiger partial charge on any atom is -0.374 e. The van der Waals surface area contributed by atoms with E-state index in [1.165, 1.54) is 11.1 Å². The zero-order valence-corrected chi connectivity index (χ0v) is 13.6. The van der Waals surface area contributed by atoms with E-state index in [0.717, 1.165) is 39.2 Å². The molecule has 0 radical (unpaired) electrons. The van der Waals surface area contributed by atoms with Crippen LogP contribution in [0.2, 0.25) is 0 Å². The van der Waals surface area contributed by atoms with Crippen LogP contribution in [0.1, 0.15) is 37.9 Å². The largest absolute Gasteiger partial charge is 0.374 e. The fourth-order valence-corrected chi connectivity index (χ4v) is 3.82. The third-order valence-corrected chi connectivity index (χ3v) is 5.01. The number of morpholine rings is 1. The lowest BCUT2D eigenvalue weighted by Gasteiger charge is -2.35. The van der Waals surface area contributed by atoms with Gasteiger partial charge >= 0.3 is 0 Å². The molecule has 1 N–H and O–H groups in total. The molecule has 1 aromatic rings. The first-order valence-electron chi connectivity index (χ1n) is 8.25. The lowest BCUT2D eigenvalue weighted by Crippen LogP contribution is -2.47. The van der Waals surface area contributed by atoms with Crippen LogP contribution in [0, 0.1) is 5.41 Å². The zero-order chi connectivity index (χ0) is 14.9. The minimum absolute atomic E-state index is 0.281. The van der Waals surface area contributed by atoms with E-state index in [2.05, 4.69) is 55.3 Å². The Morgan fingerprint density at radius 2 is 2.14 bits per heavy atom. The van der Waals surface area contributed by atoms with E-state index in [9.17, 15) is 0 Å². The van der Waals surface area contributed by atoms with Gasteiger partial charge in [0.15, 0.2) is 0 Å². The van der Waals surface area contributed by atoms with Crippen molar-refractivity contribution < 1.29 is 4.74 Å². The molecule has 0 saturated carbocycles. The third kappa shape index (κ3) is 3.15. The number of nitrogens with one attached hydrogen (secondary N) is 1. The van der Waals surface area contributed by atoms with Gasteiger partial charge < -0.3 is 10.1 Å². The summed E-state index contributed by atoms with van der Waals surface area (Å²) in [5.74, 6) is 0. The zero-order valence-electron chi connectivity index (χ0n) is 13.6. The molecule has 116 valence electrons. The molecule has 2 atom stereocenters. The lowest BCUT2D eigenvalue weighted by atomic mass is 9.85. The Morgan fingerprint density at radius 1 is 1.33 bits per heavy atom. The monoisotopic (exact) mass is 288 g/mol. The normalized spacial score (nSPS) is 28.5. The first-order chi connectivity index (χ1) is 10.1. The van der Waals surface area contributed by atoms with Gasteiger partial charge in [-0.15, -0.1) is 0 Å². The first-order valence-corrected chi connectivity index (χ1v) is 8.25. The van der Waals surface area contributed by atoms with Crippen LogP contribution in [0.3, 0.4) is 0 Å². The fourth-order valence-electron chi connectivity index (χ4n) is 3.82. The Kier molecular flexibility index (Phi) is 4.34.